The predicted octanol–water partition coefficient (Wildman–Crippen LogP) is 0.531. The minimum atomic E-state index is -1.97. The van der Waals surface area contributed by atoms with Gasteiger partial charge in [-0.05, 0) is 0 Å². The maximum atomic E-state index is 2.49. The molecule has 27 heavy (non-hydrogen) atoms. The zero-order valence-corrected chi connectivity index (χ0v) is 20.4. The van der Waals surface area contributed by atoms with Gasteiger partial charge in [0.1, 0.15) is 0 Å². The van der Waals surface area contributed by atoms with Gasteiger partial charge in [0.25, 0.3) is 0 Å². The topological polar surface area (TPSA) is 0 Å². The largest absolute Gasteiger partial charge is 1.00 e. The Balaban J connectivity index is 0.00000131. The van der Waals surface area contributed by atoms with E-state index in [1.54, 1.807) is 25.5 Å². The van der Waals surface area contributed by atoms with E-state index in [0.29, 0.717) is 7.25 Å². The van der Waals surface area contributed by atoms with Gasteiger partial charge in [-0.1, -0.05) is 0 Å². The number of benzene rings is 2. The summed E-state index contributed by atoms with van der Waals surface area (Å²) in [5, 5.41) is 0. The van der Waals surface area contributed by atoms with Gasteiger partial charge in [0.2, 0.25) is 0 Å². The molecule has 0 saturated carbocycles. The van der Waals surface area contributed by atoms with E-state index in [9.17, 15) is 0 Å². The van der Waals surface area contributed by atoms with E-state index in [2.05, 4.69) is 88.4 Å². The average Bonchev–Trinajstić information content (AvgIpc) is 3.13. The molecule has 2 atom stereocenters. The molecule has 0 radical (unpaired) electrons. The van der Waals surface area contributed by atoms with Crippen molar-refractivity contribution >= 4 is 15.4 Å². The molecule has 0 aromatic heterocycles. The second-order valence-electron chi connectivity index (χ2n) is 7.54. The van der Waals surface area contributed by atoms with Gasteiger partial charge >= 0.3 is 160 Å². The minimum absolute atomic E-state index is 0. The summed E-state index contributed by atoms with van der Waals surface area (Å²) in [4.78, 5) is 0. The minimum Gasteiger partial charge on any atom is -1.00 e. The van der Waals surface area contributed by atoms with E-state index >= 15 is 0 Å². The first kappa shape index (κ1) is 22.5. The molecular weight excluding hydrogens is 450 g/mol. The molecule has 0 fully saturated rings. The van der Waals surface area contributed by atoms with Gasteiger partial charge in [-0.15, -0.1) is 0 Å². The average molecular weight is 477 g/mol. The fourth-order valence-electron chi connectivity index (χ4n) is 4.70. The van der Waals surface area contributed by atoms with Crippen molar-refractivity contribution in [3.63, 3.8) is 0 Å². The first-order valence-electron chi connectivity index (χ1n) is 9.35. The molecule has 0 saturated heterocycles. The van der Waals surface area contributed by atoms with Crippen LogP contribution >= 0.6 is 0 Å². The smallest absolute Gasteiger partial charge is 1.00 e. The second kappa shape index (κ2) is 9.17. The van der Waals surface area contributed by atoms with Crippen molar-refractivity contribution in [1.29, 1.82) is 0 Å². The monoisotopic (exact) mass is 474 g/mol. The van der Waals surface area contributed by atoms with Crippen molar-refractivity contribution in [1.82, 2.24) is 0 Å². The molecule has 2 unspecified atom stereocenters. The van der Waals surface area contributed by atoms with E-state index in [4.69, 9.17) is 0 Å². The van der Waals surface area contributed by atoms with Gasteiger partial charge in [0, 0.05) is 0 Å². The van der Waals surface area contributed by atoms with Crippen LogP contribution in [0.3, 0.4) is 0 Å². The van der Waals surface area contributed by atoms with Gasteiger partial charge in [0.15, 0.2) is 0 Å². The summed E-state index contributed by atoms with van der Waals surface area (Å²) in [6.45, 7) is 9.53. The molecule has 2 aliphatic carbocycles. The molecule has 2 aromatic rings. The molecule has 4 rings (SSSR count). The van der Waals surface area contributed by atoms with Crippen molar-refractivity contribution in [3.8, 4) is 0 Å². The third-order valence-electron chi connectivity index (χ3n) is 5.77. The fraction of sp³-hybridized carbons (Fsp3) is 0.292. The Morgan fingerprint density at radius 3 is 1.89 bits per heavy atom. The summed E-state index contributed by atoms with van der Waals surface area (Å²) in [5.74, 6) is 0. The number of hydrogen-bond acceptors (Lipinski definition) is 0. The summed E-state index contributed by atoms with van der Waals surface area (Å²) in [6.07, 6.45) is 6.11. The number of fused-ring (bicyclic) bond motifs is 2. The summed E-state index contributed by atoms with van der Waals surface area (Å²) in [7, 11) is 0. The van der Waals surface area contributed by atoms with Crippen molar-refractivity contribution in [3.05, 3.63) is 81.9 Å². The Hall–Kier alpha value is -0.747. The van der Waals surface area contributed by atoms with Crippen LogP contribution in [0.25, 0.3) is 12.2 Å². The number of hydrogen-bond donors (Lipinski definition) is 0. The molecule has 0 heterocycles. The third-order valence-corrected chi connectivity index (χ3v) is 15.2. The van der Waals surface area contributed by atoms with E-state index < -0.39 is 21.3 Å². The maximum Gasteiger partial charge on any atom is -1.00 e. The van der Waals surface area contributed by atoms with E-state index in [1.807, 2.05) is 0 Å². The van der Waals surface area contributed by atoms with Crippen molar-refractivity contribution in [2.45, 2.75) is 41.4 Å². The van der Waals surface area contributed by atoms with Crippen LogP contribution in [-0.4, -0.2) is 3.21 Å². The summed E-state index contributed by atoms with van der Waals surface area (Å²) < 4.78 is 3.13. The zero-order valence-electron chi connectivity index (χ0n) is 16.4. The summed E-state index contributed by atoms with van der Waals surface area (Å²) in [5.41, 5.74) is 9.39. The van der Waals surface area contributed by atoms with Crippen LogP contribution in [-0.2, 0) is 21.3 Å². The van der Waals surface area contributed by atoms with Crippen LogP contribution in [0.4, 0.5) is 0 Å². The Morgan fingerprint density at radius 1 is 0.815 bits per heavy atom. The molecule has 0 spiro atoms. The van der Waals surface area contributed by atoms with Crippen LogP contribution in [0.2, 0.25) is 0 Å². The van der Waals surface area contributed by atoms with Crippen LogP contribution in [0.15, 0.2) is 59.7 Å². The van der Waals surface area contributed by atoms with Crippen LogP contribution in [0.1, 0.15) is 63.6 Å². The van der Waals surface area contributed by atoms with Crippen molar-refractivity contribution < 1.29 is 46.1 Å². The molecule has 0 bridgehead atoms. The Bertz CT molecular complexity index is 933. The van der Waals surface area contributed by atoms with Gasteiger partial charge in [0.05, 0.1) is 0 Å². The molecule has 140 valence electrons. The standard InChI is InChI=1S/C11H11.C10H9.C3H6.2ClH.Zr/c1-2-9-7-10-5-3-4-6-11(10)8-9;1-8-6-9-4-2-3-5-10(9)7-8;1-3-2;;;/h3-8H,2H2,1H3;2-7H,1H3;1-2H3;2*1H;/q;;;;;+2/p-2. The molecular formula is C24H26Cl2Zr. The number of rotatable bonds is 3. The van der Waals surface area contributed by atoms with Gasteiger partial charge in [-0.25, -0.2) is 0 Å². The Kier molecular flexibility index (Phi) is 7.65. The van der Waals surface area contributed by atoms with E-state index in [1.165, 1.54) is 17.5 Å². The summed E-state index contributed by atoms with van der Waals surface area (Å²) in [6, 6.07) is 18.2. The normalized spacial score (nSPS) is 18.8. The molecule has 0 amide bonds. The first-order valence-corrected chi connectivity index (χ1v) is 13.4. The predicted molar refractivity (Wildman–Crippen MR) is 107 cm³/mol. The fourth-order valence-corrected chi connectivity index (χ4v) is 14.4. The zero-order chi connectivity index (χ0) is 17.6. The number of halogens is 2. The van der Waals surface area contributed by atoms with E-state index in [0.717, 1.165) is 0 Å². The van der Waals surface area contributed by atoms with Crippen molar-refractivity contribution in [2.75, 3.05) is 0 Å². The molecule has 0 N–H and O–H groups in total. The summed E-state index contributed by atoms with van der Waals surface area (Å²) >= 11 is -1.97. The number of allylic oxidation sites excluding steroid dienone is 2. The third kappa shape index (κ3) is 3.89. The molecule has 2 aromatic carbocycles. The molecule has 0 nitrogen and oxygen atoms in total. The van der Waals surface area contributed by atoms with Crippen LogP contribution in [0, 0.1) is 0 Å². The van der Waals surface area contributed by atoms with Gasteiger partial charge < -0.3 is 24.8 Å². The SMILES string of the molecule is CCC1=Cc2ccccc2[CH]1[Zr+2](=[C](C)C)[CH]1C(C)=Cc2ccccc21.[Cl-].[Cl-]. The van der Waals surface area contributed by atoms with E-state index in [-0.39, 0.29) is 24.8 Å². The quantitative estimate of drug-likeness (QED) is 0.607. The van der Waals surface area contributed by atoms with Gasteiger partial charge in [-0.3, -0.25) is 0 Å². The Morgan fingerprint density at radius 2 is 1.33 bits per heavy atom. The van der Waals surface area contributed by atoms with Gasteiger partial charge in [-0.2, -0.15) is 0 Å². The van der Waals surface area contributed by atoms with Crippen LogP contribution < -0.4 is 24.8 Å². The van der Waals surface area contributed by atoms with Crippen molar-refractivity contribution in [2.24, 2.45) is 0 Å². The Labute approximate surface area is 183 Å². The molecule has 3 heteroatoms. The second-order valence-corrected chi connectivity index (χ2v) is 15.1. The first-order chi connectivity index (χ1) is 12.1. The molecule has 2 aliphatic rings. The van der Waals surface area contributed by atoms with Crippen LogP contribution in [0.5, 0.6) is 0 Å². The molecule has 0 aliphatic heterocycles. The maximum absolute atomic E-state index is 2.49.